The number of allylic oxidation sites excluding steroid dienone is 1. The van der Waals surface area contributed by atoms with Crippen molar-refractivity contribution in [1.82, 2.24) is 8.75 Å². The predicted molar refractivity (Wildman–Crippen MR) is 145 cm³/mol. The lowest BCUT2D eigenvalue weighted by Gasteiger charge is -2.23. The van der Waals surface area contributed by atoms with E-state index in [2.05, 4.69) is 8.75 Å². The van der Waals surface area contributed by atoms with Crippen molar-refractivity contribution in [3.05, 3.63) is 95.1 Å². The number of carbonyl (C=O) groups is 2. The average molecular weight is 513 g/mol. The molecule has 0 amide bonds. The molecule has 0 atom stereocenters. The zero-order chi connectivity index (χ0) is 25.6. The van der Waals surface area contributed by atoms with Gasteiger partial charge in [-0.1, -0.05) is 68.5 Å². The number of ether oxygens (including phenoxy) is 1. The predicted octanol–water partition coefficient (Wildman–Crippen LogP) is 6.96. The summed E-state index contributed by atoms with van der Waals surface area (Å²) in [5, 5.41) is 10.3. The number of aromatic nitrogens is 2. The monoisotopic (exact) mass is 512 g/mol. The molecule has 1 heterocycles. The van der Waals surface area contributed by atoms with Gasteiger partial charge in [-0.05, 0) is 59.9 Å². The van der Waals surface area contributed by atoms with Crippen LogP contribution < -0.4 is 4.74 Å². The Morgan fingerprint density at radius 3 is 2.30 bits per heavy atom. The molecule has 6 nitrogen and oxygen atoms in total. The number of aliphatic carboxylic acids is 1. The first-order valence-electron chi connectivity index (χ1n) is 12.6. The van der Waals surface area contributed by atoms with Gasteiger partial charge in [-0.15, -0.1) is 0 Å². The molecule has 37 heavy (non-hydrogen) atoms. The number of carboxylic acid groups (broad SMARTS) is 1. The number of benzene rings is 3. The highest BCUT2D eigenvalue weighted by Crippen LogP contribution is 2.34. The molecule has 0 radical (unpaired) electrons. The highest BCUT2D eigenvalue weighted by atomic mass is 32.1. The Bertz CT molecular complexity index is 1420. The van der Waals surface area contributed by atoms with E-state index in [9.17, 15) is 14.7 Å². The molecule has 1 aromatic heterocycles. The number of hydrogen-bond acceptors (Lipinski definition) is 6. The van der Waals surface area contributed by atoms with Crippen LogP contribution in [0.1, 0.15) is 60.0 Å². The van der Waals surface area contributed by atoms with Crippen molar-refractivity contribution in [2.45, 2.75) is 45.1 Å². The molecule has 188 valence electrons. The quantitative estimate of drug-likeness (QED) is 0.193. The van der Waals surface area contributed by atoms with Crippen LogP contribution in [0.3, 0.4) is 0 Å². The first kappa shape index (κ1) is 24.8. The standard InChI is InChI=1S/C30H28N2O4S/c33-29(22-11-14-24(15-12-22)36-19-21-9-5-2-6-10-21)25(17-20-7-3-1-4-8-20)28(30(34)35)23-13-16-26-27(18-23)32-37-31-26/h2,5-6,9-16,18,20H,1,3-4,7-8,17,19H2,(H,34,35)/b28-25+. The Hall–Kier alpha value is -3.84. The van der Waals surface area contributed by atoms with Gasteiger partial charge in [0.05, 0.1) is 17.3 Å². The number of rotatable bonds is 9. The second kappa shape index (κ2) is 11.5. The Morgan fingerprint density at radius 2 is 1.57 bits per heavy atom. The van der Waals surface area contributed by atoms with Crippen molar-refractivity contribution in [3.8, 4) is 5.75 Å². The molecular weight excluding hydrogens is 484 g/mol. The van der Waals surface area contributed by atoms with E-state index < -0.39 is 5.97 Å². The van der Waals surface area contributed by atoms with Crippen molar-refractivity contribution in [3.63, 3.8) is 0 Å². The third-order valence-corrected chi connectivity index (χ3v) is 7.47. The van der Waals surface area contributed by atoms with E-state index in [1.165, 1.54) is 6.42 Å². The van der Waals surface area contributed by atoms with Crippen LogP contribution in [-0.4, -0.2) is 25.6 Å². The molecule has 1 N–H and O–H groups in total. The molecule has 0 saturated heterocycles. The lowest BCUT2D eigenvalue weighted by molar-refractivity contribution is -0.130. The maximum absolute atomic E-state index is 13.9. The minimum absolute atomic E-state index is 0.0508. The lowest BCUT2D eigenvalue weighted by Crippen LogP contribution is -2.16. The van der Waals surface area contributed by atoms with Crippen LogP contribution in [0.15, 0.2) is 78.4 Å². The van der Waals surface area contributed by atoms with Crippen molar-refractivity contribution in [2.24, 2.45) is 5.92 Å². The molecule has 1 saturated carbocycles. The van der Waals surface area contributed by atoms with E-state index in [1.807, 2.05) is 30.3 Å². The molecule has 1 aliphatic carbocycles. The molecule has 0 aliphatic heterocycles. The number of nitrogens with zero attached hydrogens (tertiary/aromatic N) is 2. The molecule has 5 rings (SSSR count). The highest BCUT2D eigenvalue weighted by Gasteiger charge is 2.27. The summed E-state index contributed by atoms with van der Waals surface area (Å²) in [4.78, 5) is 26.5. The van der Waals surface area contributed by atoms with Crippen LogP contribution in [0.4, 0.5) is 0 Å². The minimum Gasteiger partial charge on any atom is -0.489 e. The lowest BCUT2D eigenvalue weighted by atomic mass is 9.81. The summed E-state index contributed by atoms with van der Waals surface area (Å²) in [5.74, 6) is -0.419. The fourth-order valence-corrected chi connectivity index (χ4v) is 5.49. The summed E-state index contributed by atoms with van der Waals surface area (Å²) in [5.41, 5.74) is 3.73. The van der Waals surface area contributed by atoms with Crippen LogP contribution in [0.5, 0.6) is 5.75 Å². The SMILES string of the molecule is O=C(O)/C(=C(\CC1CCCCC1)C(=O)c1ccc(OCc2ccccc2)cc1)c1ccc2nsnc2c1. The summed E-state index contributed by atoms with van der Waals surface area (Å²) in [6.45, 7) is 0.429. The van der Waals surface area contributed by atoms with Crippen LogP contribution in [-0.2, 0) is 11.4 Å². The zero-order valence-corrected chi connectivity index (χ0v) is 21.2. The van der Waals surface area contributed by atoms with E-state index in [1.54, 1.807) is 42.5 Å². The van der Waals surface area contributed by atoms with Crippen LogP contribution in [0.2, 0.25) is 0 Å². The third kappa shape index (κ3) is 5.94. The number of Topliss-reactive ketones (excluding diaryl/α,β-unsaturated/α-hetero) is 1. The van der Waals surface area contributed by atoms with Gasteiger partial charge in [0, 0.05) is 11.1 Å². The van der Waals surface area contributed by atoms with Crippen LogP contribution >= 0.6 is 11.7 Å². The van der Waals surface area contributed by atoms with Gasteiger partial charge in [0.25, 0.3) is 0 Å². The van der Waals surface area contributed by atoms with Gasteiger partial charge >= 0.3 is 5.97 Å². The summed E-state index contributed by atoms with van der Waals surface area (Å²) in [6.07, 6.45) is 5.86. The molecule has 0 bridgehead atoms. The zero-order valence-electron chi connectivity index (χ0n) is 20.4. The summed E-state index contributed by atoms with van der Waals surface area (Å²) in [6, 6.07) is 22.0. The fraction of sp³-hybridized carbons (Fsp3) is 0.267. The summed E-state index contributed by atoms with van der Waals surface area (Å²) in [7, 11) is 0. The molecular formula is C30H28N2O4S. The highest BCUT2D eigenvalue weighted by molar-refractivity contribution is 7.00. The Morgan fingerprint density at radius 1 is 0.865 bits per heavy atom. The number of ketones is 1. The first-order valence-corrected chi connectivity index (χ1v) is 13.3. The summed E-state index contributed by atoms with van der Waals surface area (Å²) >= 11 is 1.08. The fourth-order valence-electron chi connectivity index (χ4n) is 4.97. The number of carboxylic acids is 1. The van der Waals surface area contributed by atoms with Crippen molar-refractivity contribution < 1.29 is 19.4 Å². The molecule has 3 aromatic carbocycles. The van der Waals surface area contributed by atoms with Crippen molar-refractivity contribution in [1.29, 1.82) is 0 Å². The van der Waals surface area contributed by atoms with Crippen LogP contribution in [0, 0.1) is 5.92 Å². The average Bonchev–Trinajstić information content (AvgIpc) is 3.41. The van der Waals surface area contributed by atoms with Gasteiger partial charge in [0.2, 0.25) is 0 Å². The second-order valence-corrected chi connectivity index (χ2v) is 9.99. The van der Waals surface area contributed by atoms with E-state index in [0.717, 1.165) is 43.0 Å². The number of hydrogen-bond donors (Lipinski definition) is 1. The van der Waals surface area contributed by atoms with Gasteiger partial charge in [-0.2, -0.15) is 8.75 Å². The van der Waals surface area contributed by atoms with Gasteiger partial charge in [-0.25, -0.2) is 4.79 Å². The molecule has 4 aromatic rings. The number of fused-ring (bicyclic) bond motifs is 1. The minimum atomic E-state index is -1.11. The van der Waals surface area contributed by atoms with E-state index >= 15 is 0 Å². The van der Waals surface area contributed by atoms with Crippen molar-refractivity contribution >= 4 is 40.1 Å². The van der Waals surface area contributed by atoms with E-state index in [-0.39, 0.29) is 11.4 Å². The normalized spacial score (nSPS) is 14.8. The van der Waals surface area contributed by atoms with Gasteiger partial charge < -0.3 is 9.84 Å². The second-order valence-electron chi connectivity index (χ2n) is 9.46. The third-order valence-electron chi connectivity index (χ3n) is 6.91. The van der Waals surface area contributed by atoms with E-state index in [4.69, 9.17) is 4.74 Å². The summed E-state index contributed by atoms with van der Waals surface area (Å²) < 4.78 is 14.3. The topological polar surface area (TPSA) is 89.4 Å². The largest absolute Gasteiger partial charge is 0.489 e. The van der Waals surface area contributed by atoms with Crippen molar-refractivity contribution in [2.75, 3.05) is 0 Å². The molecule has 1 aliphatic rings. The molecule has 0 spiro atoms. The smallest absolute Gasteiger partial charge is 0.336 e. The molecule has 0 unspecified atom stereocenters. The Kier molecular flexibility index (Phi) is 7.70. The number of carbonyl (C=O) groups excluding carboxylic acids is 1. The maximum atomic E-state index is 13.9. The Balaban J connectivity index is 1.47. The van der Waals surface area contributed by atoms with Gasteiger partial charge in [-0.3, -0.25) is 4.79 Å². The van der Waals surface area contributed by atoms with Gasteiger partial charge in [0.15, 0.2) is 5.78 Å². The van der Waals surface area contributed by atoms with Crippen LogP contribution in [0.25, 0.3) is 16.6 Å². The van der Waals surface area contributed by atoms with Gasteiger partial charge in [0.1, 0.15) is 23.4 Å². The molecule has 7 heteroatoms. The first-order chi connectivity index (χ1) is 18.1. The molecule has 1 fully saturated rings. The maximum Gasteiger partial charge on any atom is 0.336 e. The Labute approximate surface area is 220 Å². The van der Waals surface area contributed by atoms with E-state index in [0.29, 0.717) is 52.4 Å².